The highest BCUT2D eigenvalue weighted by molar-refractivity contribution is 5.98. The Balaban J connectivity index is 1.41. The van der Waals surface area contributed by atoms with Crippen LogP contribution in [0.1, 0.15) is 45.1 Å². The number of rotatable bonds is 4. The number of carbonyl (C=O) groups excluding carboxylic acids is 2. The van der Waals surface area contributed by atoms with Gasteiger partial charge in [0.2, 0.25) is 5.91 Å². The third kappa shape index (κ3) is 3.72. The highest BCUT2D eigenvalue weighted by Crippen LogP contribution is 2.34. The van der Waals surface area contributed by atoms with Gasteiger partial charge in [-0.3, -0.25) is 9.59 Å². The molecular formula is C26H23FN2O2. The highest BCUT2D eigenvalue weighted by Gasteiger charge is 2.35. The van der Waals surface area contributed by atoms with Gasteiger partial charge in [0, 0.05) is 25.2 Å². The first-order valence-corrected chi connectivity index (χ1v) is 10.6. The Labute approximate surface area is 180 Å². The summed E-state index contributed by atoms with van der Waals surface area (Å²) in [6.45, 7) is 1.70. The molecule has 0 fully saturated rings. The van der Waals surface area contributed by atoms with Crippen molar-refractivity contribution >= 4 is 11.8 Å². The van der Waals surface area contributed by atoms with Crippen molar-refractivity contribution < 1.29 is 14.0 Å². The van der Waals surface area contributed by atoms with Crippen LogP contribution in [0.3, 0.4) is 0 Å². The minimum Gasteiger partial charge on any atom is -0.338 e. The fraction of sp³-hybridized carbons (Fsp3) is 0.231. The van der Waals surface area contributed by atoms with Gasteiger partial charge in [-0.2, -0.15) is 0 Å². The molecular weight excluding hydrogens is 391 g/mol. The number of benzene rings is 3. The first-order chi connectivity index (χ1) is 15.1. The van der Waals surface area contributed by atoms with E-state index in [0.29, 0.717) is 25.2 Å². The minimum atomic E-state index is -0.440. The van der Waals surface area contributed by atoms with Gasteiger partial charge in [-0.25, -0.2) is 4.39 Å². The summed E-state index contributed by atoms with van der Waals surface area (Å²) in [7, 11) is 0. The first-order valence-electron chi connectivity index (χ1n) is 10.6. The van der Waals surface area contributed by atoms with Crippen molar-refractivity contribution in [3.8, 4) is 0 Å². The maximum absolute atomic E-state index is 13.6. The standard InChI is InChI=1S/C26H23FN2O2/c27-22-11-9-19(10-12-22)24(29-17-21-7-3-4-8-23(21)26(29)31)15-25(30)28-14-13-18-5-1-2-6-20(18)16-28/h1-12,24H,13-17H2/t24-/m1/s1. The van der Waals surface area contributed by atoms with Gasteiger partial charge in [0.25, 0.3) is 5.91 Å². The number of carbonyl (C=O) groups is 2. The predicted molar refractivity (Wildman–Crippen MR) is 116 cm³/mol. The number of fused-ring (bicyclic) bond motifs is 2. The number of hydrogen-bond donors (Lipinski definition) is 0. The third-order valence-electron chi connectivity index (χ3n) is 6.33. The van der Waals surface area contributed by atoms with Crippen LogP contribution in [0, 0.1) is 5.82 Å². The molecule has 0 saturated heterocycles. The molecule has 2 aliphatic heterocycles. The van der Waals surface area contributed by atoms with E-state index in [1.165, 1.54) is 23.3 Å². The Morgan fingerprint density at radius 3 is 2.29 bits per heavy atom. The van der Waals surface area contributed by atoms with Crippen molar-refractivity contribution in [2.45, 2.75) is 32.0 Å². The van der Waals surface area contributed by atoms with Crippen molar-refractivity contribution in [3.05, 3.63) is 106 Å². The lowest BCUT2D eigenvalue weighted by molar-refractivity contribution is -0.133. The smallest absolute Gasteiger partial charge is 0.255 e. The van der Waals surface area contributed by atoms with Crippen LogP contribution < -0.4 is 0 Å². The first kappa shape index (κ1) is 19.5. The van der Waals surface area contributed by atoms with E-state index in [9.17, 15) is 14.0 Å². The molecule has 156 valence electrons. The number of hydrogen-bond acceptors (Lipinski definition) is 2. The van der Waals surface area contributed by atoms with Crippen LogP contribution in [0.25, 0.3) is 0 Å². The number of halogens is 1. The molecule has 0 bridgehead atoms. The van der Waals surface area contributed by atoms with Gasteiger partial charge >= 0.3 is 0 Å². The van der Waals surface area contributed by atoms with Crippen molar-refractivity contribution in [2.75, 3.05) is 6.54 Å². The van der Waals surface area contributed by atoms with E-state index in [0.717, 1.165) is 17.5 Å². The summed E-state index contributed by atoms with van der Waals surface area (Å²) < 4.78 is 13.6. The summed E-state index contributed by atoms with van der Waals surface area (Å²) >= 11 is 0. The maximum atomic E-state index is 13.6. The summed E-state index contributed by atoms with van der Waals surface area (Å²) in [5, 5.41) is 0. The molecule has 0 aliphatic carbocycles. The molecule has 5 heteroatoms. The quantitative estimate of drug-likeness (QED) is 0.631. The normalized spacial score (nSPS) is 16.1. The second kappa shape index (κ2) is 7.99. The van der Waals surface area contributed by atoms with Gasteiger partial charge in [-0.1, -0.05) is 54.6 Å². The van der Waals surface area contributed by atoms with Gasteiger partial charge in [0.15, 0.2) is 0 Å². The maximum Gasteiger partial charge on any atom is 0.255 e. The average molecular weight is 414 g/mol. The van der Waals surface area contributed by atoms with Crippen LogP contribution in [0.4, 0.5) is 4.39 Å². The number of nitrogens with zero attached hydrogens (tertiary/aromatic N) is 2. The molecule has 2 amide bonds. The molecule has 5 rings (SSSR count). The lowest BCUT2D eigenvalue weighted by atomic mass is 9.97. The van der Waals surface area contributed by atoms with Crippen LogP contribution in [0.5, 0.6) is 0 Å². The molecule has 0 N–H and O–H groups in total. The Morgan fingerprint density at radius 1 is 0.871 bits per heavy atom. The monoisotopic (exact) mass is 414 g/mol. The highest BCUT2D eigenvalue weighted by atomic mass is 19.1. The third-order valence-corrected chi connectivity index (χ3v) is 6.33. The van der Waals surface area contributed by atoms with Gasteiger partial charge in [0.1, 0.15) is 5.82 Å². The van der Waals surface area contributed by atoms with Crippen molar-refractivity contribution in [1.29, 1.82) is 0 Å². The molecule has 3 aromatic carbocycles. The zero-order valence-corrected chi connectivity index (χ0v) is 17.1. The van der Waals surface area contributed by atoms with Crippen molar-refractivity contribution in [3.63, 3.8) is 0 Å². The van der Waals surface area contributed by atoms with Gasteiger partial charge in [0.05, 0.1) is 12.5 Å². The topological polar surface area (TPSA) is 40.6 Å². The van der Waals surface area contributed by atoms with E-state index in [-0.39, 0.29) is 24.1 Å². The fourth-order valence-corrected chi connectivity index (χ4v) is 4.62. The van der Waals surface area contributed by atoms with Crippen LogP contribution in [-0.2, 0) is 24.3 Å². The average Bonchev–Trinajstić information content (AvgIpc) is 3.14. The molecule has 3 aromatic rings. The summed E-state index contributed by atoms with van der Waals surface area (Å²) in [5.41, 5.74) is 4.86. The summed E-state index contributed by atoms with van der Waals surface area (Å²) in [4.78, 5) is 30.0. The summed E-state index contributed by atoms with van der Waals surface area (Å²) in [5.74, 6) is -0.410. The predicted octanol–water partition coefficient (Wildman–Crippen LogP) is 4.50. The largest absolute Gasteiger partial charge is 0.338 e. The zero-order valence-electron chi connectivity index (χ0n) is 17.1. The molecule has 2 aliphatic rings. The Bertz CT molecular complexity index is 1140. The molecule has 0 spiro atoms. The van der Waals surface area contributed by atoms with E-state index >= 15 is 0 Å². The van der Waals surface area contributed by atoms with E-state index < -0.39 is 6.04 Å². The molecule has 0 unspecified atom stereocenters. The molecule has 0 radical (unpaired) electrons. The second-order valence-electron chi connectivity index (χ2n) is 8.20. The van der Waals surface area contributed by atoms with Gasteiger partial charge < -0.3 is 9.80 Å². The van der Waals surface area contributed by atoms with E-state index in [1.807, 2.05) is 41.3 Å². The molecule has 2 heterocycles. The summed E-state index contributed by atoms with van der Waals surface area (Å²) in [6, 6.07) is 21.4. The molecule has 1 atom stereocenters. The van der Waals surface area contributed by atoms with Gasteiger partial charge in [-0.05, 0) is 46.9 Å². The van der Waals surface area contributed by atoms with Gasteiger partial charge in [-0.15, -0.1) is 0 Å². The molecule has 4 nitrogen and oxygen atoms in total. The second-order valence-corrected chi connectivity index (χ2v) is 8.20. The minimum absolute atomic E-state index is 0.00702. The molecule has 31 heavy (non-hydrogen) atoms. The zero-order chi connectivity index (χ0) is 21.4. The van der Waals surface area contributed by atoms with Crippen LogP contribution in [0.2, 0.25) is 0 Å². The van der Waals surface area contributed by atoms with Crippen molar-refractivity contribution in [2.24, 2.45) is 0 Å². The Morgan fingerprint density at radius 2 is 1.55 bits per heavy atom. The Hall–Kier alpha value is -3.47. The van der Waals surface area contributed by atoms with Crippen molar-refractivity contribution in [1.82, 2.24) is 9.80 Å². The van der Waals surface area contributed by atoms with Crippen LogP contribution in [0.15, 0.2) is 72.8 Å². The lowest BCUT2D eigenvalue weighted by Gasteiger charge is -2.33. The molecule has 0 saturated carbocycles. The SMILES string of the molecule is O=C(C[C@H](c1ccc(F)cc1)N1Cc2ccccc2C1=O)N1CCc2ccccc2C1. The lowest BCUT2D eigenvalue weighted by Crippen LogP contribution is -2.39. The number of amides is 2. The van der Waals surface area contributed by atoms with E-state index in [4.69, 9.17) is 0 Å². The summed E-state index contributed by atoms with van der Waals surface area (Å²) in [6.07, 6.45) is 1.00. The molecule has 0 aromatic heterocycles. The Kier molecular flexibility index (Phi) is 5.02. The van der Waals surface area contributed by atoms with E-state index in [2.05, 4.69) is 12.1 Å². The van der Waals surface area contributed by atoms with E-state index in [1.54, 1.807) is 17.0 Å². The van der Waals surface area contributed by atoms with Crippen LogP contribution >= 0.6 is 0 Å². The van der Waals surface area contributed by atoms with Crippen LogP contribution in [-0.4, -0.2) is 28.2 Å². The fourth-order valence-electron chi connectivity index (χ4n) is 4.62.